The van der Waals surface area contributed by atoms with Crippen molar-refractivity contribution in [2.24, 2.45) is 11.3 Å². The van der Waals surface area contributed by atoms with Gasteiger partial charge in [-0.05, 0) is 49.7 Å². The van der Waals surface area contributed by atoms with Crippen LogP contribution in [0, 0.1) is 11.3 Å². The molecule has 2 fully saturated rings. The maximum atomic E-state index is 13.2. The highest BCUT2D eigenvalue weighted by molar-refractivity contribution is 6.00. The molecule has 3 aliphatic rings. The van der Waals surface area contributed by atoms with Gasteiger partial charge in [0, 0.05) is 25.0 Å². The first kappa shape index (κ1) is 15.9. The van der Waals surface area contributed by atoms with Crippen LogP contribution in [0.4, 0.5) is 5.69 Å². The fourth-order valence-electron chi connectivity index (χ4n) is 4.53. The Morgan fingerprint density at radius 3 is 3.00 bits per heavy atom. The summed E-state index contributed by atoms with van der Waals surface area (Å²) in [5.41, 5.74) is 3.04. The molecule has 24 heavy (non-hydrogen) atoms. The van der Waals surface area contributed by atoms with Gasteiger partial charge in [0.05, 0.1) is 17.9 Å². The Hall–Kier alpha value is -1.55. The molecule has 2 heterocycles. The lowest BCUT2D eigenvalue weighted by atomic mass is 9.76. The molecule has 2 aliphatic heterocycles. The third-order valence-electron chi connectivity index (χ3n) is 6.01. The van der Waals surface area contributed by atoms with Crippen LogP contribution in [0.1, 0.15) is 54.4 Å². The van der Waals surface area contributed by atoms with E-state index in [4.69, 9.17) is 0 Å². The van der Waals surface area contributed by atoms with Crippen LogP contribution in [0.25, 0.3) is 0 Å². The average molecular weight is 328 g/mol. The van der Waals surface area contributed by atoms with E-state index in [2.05, 4.69) is 11.4 Å². The SMILES string of the molecule is O=C(c1cccc2c1NCCC2)N1CCC[C@](CO)(CC2CC2)C1. The molecular formula is C20H28N2O2. The number of aryl methyl sites for hydroxylation is 1. The molecule has 2 N–H and O–H groups in total. The average Bonchev–Trinajstić information content (AvgIpc) is 3.44. The molecule has 1 atom stereocenters. The van der Waals surface area contributed by atoms with Gasteiger partial charge in [-0.15, -0.1) is 0 Å². The first-order valence-corrected chi connectivity index (χ1v) is 9.47. The summed E-state index contributed by atoms with van der Waals surface area (Å²) in [6.45, 7) is 2.68. The fraction of sp³-hybridized carbons (Fsp3) is 0.650. The topological polar surface area (TPSA) is 52.6 Å². The first-order valence-electron chi connectivity index (χ1n) is 9.47. The normalized spacial score (nSPS) is 26.6. The van der Waals surface area contributed by atoms with Gasteiger partial charge >= 0.3 is 0 Å². The van der Waals surface area contributed by atoms with E-state index in [1.807, 2.05) is 17.0 Å². The third-order valence-corrected chi connectivity index (χ3v) is 6.01. The van der Waals surface area contributed by atoms with Gasteiger partial charge in [-0.2, -0.15) is 0 Å². The number of nitrogens with one attached hydrogen (secondary N) is 1. The maximum absolute atomic E-state index is 13.2. The minimum atomic E-state index is -0.0721. The van der Waals surface area contributed by atoms with Crippen molar-refractivity contribution >= 4 is 11.6 Å². The molecule has 0 bridgehead atoms. The zero-order chi connectivity index (χ0) is 16.6. The van der Waals surface area contributed by atoms with Gasteiger partial charge in [0.15, 0.2) is 0 Å². The van der Waals surface area contributed by atoms with Gasteiger partial charge in [0.2, 0.25) is 0 Å². The number of anilines is 1. The second-order valence-corrected chi connectivity index (χ2v) is 8.01. The lowest BCUT2D eigenvalue weighted by molar-refractivity contribution is 0.0196. The van der Waals surface area contributed by atoms with Crippen molar-refractivity contribution in [1.29, 1.82) is 0 Å². The van der Waals surface area contributed by atoms with Crippen molar-refractivity contribution < 1.29 is 9.90 Å². The van der Waals surface area contributed by atoms with Crippen LogP contribution in [0.2, 0.25) is 0 Å². The van der Waals surface area contributed by atoms with E-state index in [1.165, 1.54) is 18.4 Å². The molecule has 1 saturated heterocycles. The molecule has 4 nitrogen and oxygen atoms in total. The highest BCUT2D eigenvalue weighted by Gasteiger charge is 2.41. The molecule has 1 aliphatic carbocycles. The predicted molar refractivity (Wildman–Crippen MR) is 95.3 cm³/mol. The number of likely N-dealkylation sites (tertiary alicyclic amines) is 1. The number of hydrogen-bond donors (Lipinski definition) is 2. The lowest BCUT2D eigenvalue weighted by Crippen LogP contribution is -2.48. The number of hydrogen-bond acceptors (Lipinski definition) is 3. The molecule has 1 aromatic rings. The summed E-state index contributed by atoms with van der Waals surface area (Å²) in [7, 11) is 0. The van der Waals surface area contributed by atoms with Crippen LogP contribution in [0.5, 0.6) is 0 Å². The number of aliphatic hydroxyl groups is 1. The van der Waals surface area contributed by atoms with Crippen molar-refractivity contribution in [3.05, 3.63) is 29.3 Å². The lowest BCUT2D eigenvalue weighted by Gasteiger charge is -2.42. The van der Waals surface area contributed by atoms with Crippen LogP contribution < -0.4 is 5.32 Å². The third kappa shape index (κ3) is 3.04. The molecular weight excluding hydrogens is 300 g/mol. The van der Waals surface area contributed by atoms with Gasteiger partial charge < -0.3 is 15.3 Å². The summed E-state index contributed by atoms with van der Waals surface area (Å²) in [5, 5.41) is 13.5. The number of aliphatic hydroxyl groups excluding tert-OH is 1. The summed E-state index contributed by atoms with van der Waals surface area (Å²) < 4.78 is 0. The van der Waals surface area contributed by atoms with E-state index in [0.717, 1.165) is 62.4 Å². The smallest absolute Gasteiger partial charge is 0.255 e. The molecule has 0 spiro atoms. The molecule has 1 amide bonds. The maximum Gasteiger partial charge on any atom is 0.255 e. The summed E-state index contributed by atoms with van der Waals surface area (Å²) in [6, 6.07) is 6.09. The Bertz CT molecular complexity index is 626. The van der Waals surface area contributed by atoms with E-state index in [9.17, 15) is 9.90 Å². The number of fused-ring (bicyclic) bond motifs is 1. The molecule has 0 unspecified atom stereocenters. The number of para-hydroxylation sites is 1. The molecule has 0 aromatic heterocycles. The number of carbonyl (C=O) groups is 1. The molecule has 0 radical (unpaired) electrons. The highest BCUT2D eigenvalue weighted by atomic mass is 16.3. The zero-order valence-electron chi connectivity index (χ0n) is 14.4. The Labute approximate surface area is 144 Å². The minimum absolute atomic E-state index is 0.0721. The number of benzene rings is 1. The molecule has 4 rings (SSSR count). The van der Waals surface area contributed by atoms with Crippen LogP contribution in [0.3, 0.4) is 0 Å². The van der Waals surface area contributed by atoms with Crippen molar-refractivity contribution in [3.63, 3.8) is 0 Å². The van der Waals surface area contributed by atoms with Crippen molar-refractivity contribution in [1.82, 2.24) is 4.90 Å². The van der Waals surface area contributed by atoms with Crippen molar-refractivity contribution in [2.75, 3.05) is 31.6 Å². The van der Waals surface area contributed by atoms with Crippen molar-refractivity contribution in [2.45, 2.75) is 44.9 Å². The van der Waals surface area contributed by atoms with Crippen LogP contribution >= 0.6 is 0 Å². The molecule has 1 saturated carbocycles. The largest absolute Gasteiger partial charge is 0.396 e. The van der Waals surface area contributed by atoms with Crippen molar-refractivity contribution in [3.8, 4) is 0 Å². The number of piperidine rings is 1. The molecule has 1 aromatic carbocycles. The van der Waals surface area contributed by atoms with E-state index in [1.54, 1.807) is 0 Å². The van der Waals surface area contributed by atoms with Crippen LogP contribution in [0.15, 0.2) is 18.2 Å². The van der Waals surface area contributed by atoms with Crippen LogP contribution in [-0.4, -0.2) is 42.2 Å². The monoisotopic (exact) mass is 328 g/mol. The zero-order valence-corrected chi connectivity index (χ0v) is 14.4. The minimum Gasteiger partial charge on any atom is -0.396 e. The number of carbonyl (C=O) groups excluding carboxylic acids is 1. The van der Waals surface area contributed by atoms with Gasteiger partial charge in [-0.3, -0.25) is 4.79 Å². The van der Waals surface area contributed by atoms with Gasteiger partial charge in [-0.1, -0.05) is 25.0 Å². The summed E-state index contributed by atoms with van der Waals surface area (Å²) in [5.74, 6) is 0.910. The van der Waals surface area contributed by atoms with E-state index in [0.29, 0.717) is 6.54 Å². The summed E-state index contributed by atoms with van der Waals surface area (Å²) in [4.78, 5) is 15.2. The standard InChI is InChI=1S/C20H28N2O2/c23-14-20(12-15-7-8-15)9-3-11-22(13-20)19(24)17-6-1-4-16-5-2-10-21-18(16)17/h1,4,6,15,21,23H,2-3,5,7-14H2/t20-/m0/s1. The number of nitrogens with zero attached hydrogens (tertiary/aromatic N) is 1. The highest BCUT2D eigenvalue weighted by Crippen LogP contribution is 2.44. The Morgan fingerprint density at radius 2 is 2.21 bits per heavy atom. The number of amides is 1. The Kier molecular flexibility index (Phi) is 4.25. The Morgan fingerprint density at radius 1 is 1.33 bits per heavy atom. The quantitative estimate of drug-likeness (QED) is 0.893. The number of rotatable bonds is 4. The first-order chi connectivity index (χ1) is 11.7. The predicted octanol–water partition coefficient (Wildman–Crippen LogP) is 3.06. The van der Waals surface area contributed by atoms with Gasteiger partial charge in [-0.25, -0.2) is 0 Å². The second kappa shape index (κ2) is 6.40. The van der Waals surface area contributed by atoms with Gasteiger partial charge in [0.1, 0.15) is 0 Å². The van der Waals surface area contributed by atoms with E-state index >= 15 is 0 Å². The molecule has 130 valence electrons. The Balaban J connectivity index is 1.55. The fourth-order valence-corrected chi connectivity index (χ4v) is 4.53. The second-order valence-electron chi connectivity index (χ2n) is 8.01. The molecule has 4 heteroatoms. The van der Waals surface area contributed by atoms with E-state index in [-0.39, 0.29) is 17.9 Å². The van der Waals surface area contributed by atoms with E-state index < -0.39 is 0 Å². The van der Waals surface area contributed by atoms with Gasteiger partial charge in [0.25, 0.3) is 5.91 Å². The summed E-state index contributed by atoms with van der Waals surface area (Å²) in [6.07, 6.45) is 7.90. The summed E-state index contributed by atoms with van der Waals surface area (Å²) >= 11 is 0. The van der Waals surface area contributed by atoms with Crippen LogP contribution in [-0.2, 0) is 6.42 Å².